The van der Waals surface area contributed by atoms with E-state index in [0.29, 0.717) is 6.04 Å². The minimum Gasteiger partial charge on any atom is -0.377 e. The number of halogens is 1. The van der Waals surface area contributed by atoms with E-state index in [-0.39, 0.29) is 5.60 Å². The monoisotopic (exact) mass is 310 g/mol. The van der Waals surface area contributed by atoms with Crippen LogP contribution < -0.4 is 5.32 Å². The summed E-state index contributed by atoms with van der Waals surface area (Å²) < 4.78 is 5.67. The van der Waals surface area contributed by atoms with Gasteiger partial charge in [0, 0.05) is 31.3 Å². The molecule has 1 heterocycles. The molecule has 0 spiro atoms. The molecular formula is C17H27ClN2O. The quantitative estimate of drug-likeness (QED) is 0.870. The van der Waals surface area contributed by atoms with Crippen molar-refractivity contribution in [3.05, 3.63) is 34.9 Å². The molecule has 1 aliphatic rings. The van der Waals surface area contributed by atoms with Crippen molar-refractivity contribution in [2.45, 2.75) is 37.8 Å². The van der Waals surface area contributed by atoms with E-state index in [0.717, 1.165) is 31.0 Å². The smallest absolute Gasteiger partial charge is 0.0777 e. The number of nitrogens with one attached hydrogen (secondary N) is 1. The Balaban J connectivity index is 1.91. The van der Waals surface area contributed by atoms with Crippen LogP contribution in [0.4, 0.5) is 0 Å². The van der Waals surface area contributed by atoms with E-state index in [2.05, 4.69) is 29.3 Å². The first-order valence-electron chi connectivity index (χ1n) is 7.76. The van der Waals surface area contributed by atoms with E-state index >= 15 is 0 Å². The van der Waals surface area contributed by atoms with Gasteiger partial charge in [-0.2, -0.15) is 0 Å². The lowest BCUT2D eigenvalue weighted by Gasteiger charge is -2.40. The SMILES string of the molecule is CNC(CCN1CCCC(C)(OC)C1)c1cccc(Cl)c1. The third-order valence-corrected chi connectivity index (χ3v) is 4.80. The molecule has 4 heteroatoms. The normalized spacial score (nSPS) is 25.0. The average molecular weight is 311 g/mol. The van der Waals surface area contributed by atoms with Gasteiger partial charge in [0.25, 0.3) is 0 Å². The molecule has 0 saturated carbocycles. The van der Waals surface area contributed by atoms with Crippen LogP contribution in [0, 0.1) is 0 Å². The molecule has 0 bridgehead atoms. The summed E-state index contributed by atoms with van der Waals surface area (Å²) in [4.78, 5) is 2.52. The van der Waals surface area contributed by atoms with Crippen molar-refractivity contribution in [2.75, 3.05) is 33.8 Å². The lowest BCUT2D eigenvalue weighted by atomic mass is 9.94. The maximum atomic E-state index is 6.10. The van der Waals surface area contributed by atoms with Crippen molar-refractivity contribution in [3.63, 3.8) is 0 Å². The number of hydrogen-bond donors (Lipinski definition) is 1. The fraction of sp³-hybridized carbons (Fsp3) is 0.647. The Hall–Kier alpha value is -0.610. The average Bonchev–Trinajstić information content (AvgIpc) is 2.48. The van der Waals surface area contributed by atoms with Crippen molar-refractivity contribution in [2.24, 2.45) is 0 Å². The molecule has 1 aromatic rings. The van der Waals surface area contributed by atoms with Gasteiger partial charge in [0.1, 0.15) is 0 Å². The molecular weight excluding hydrogens is 284 g/mol. The molecule has 1 aliphatic heterocycles. The fourth-order valence-corrected chi connectivity index (χ4v) is 3.38. The van der Waals surface area contributed by atoms with E-state index in [1.807, 2.05) is 26.3 Å². The van der Waals surface area contributed by atoms with Crippen LogP contribution in [0.2, 0.25) is 5.02 Å². The maximum absolute atomic E-state index is 6.10. The highest BCUT2D eigenvalue weighted by atomic mass is 35.5. The number of benzene rings is 1. The summed E-state index contributed by atoms with van der Waals surface area (Å²) in [5.41, 5.74) is 1.28. The first-order chi connectivity index (χ1) is 10.1. The minimum atomic E-state index is 0.0173. The van der Waals surface area contributed by atoms with Gasteiger partial charge in [-0.15, -0.1) is 0 Å². The van der Waals surface area contributed by atoms with Gasteiger partial charge in [0.15, 0.2) is 0 Å². The third kappa shape index (κ3) is 4.68. The Morgan fingerprint density at radius 2 is 2.29 bits per heavy atom. The van der Waals surface area contributed by atoms with Crippen molar-refractivity contribution in [1.29, 1.82) is 0 Å². The van der Waals surface area contributed by atoms with Crippen LogP contribution in [0.3, 0.4) is 0 Å². The number of ether oxygens (including phenoxy) is 1. The number of piperidine rings is 1. The predicted molar refractivity (Wildman–Crippen MR) is 89.0 cm³/mol. The number of nitrogens with zero attached hydrogens (tertiary/aromatic N) is 1. The van der Waals surface area contributed by atoms with Crippen molar-refractivity contribution in [3.8, 4) is 0 Å². The number of rotatable bonds is 6. The Labute approximate surface area is 133 Å². The van der Waals surface area contributed by atoms with Crippen molar-refractivity contribution < 1.29 is 4.74 Å². The molecule has 2 atom stereocenters. The zero-order chi connectivity index (χ0) is 15.3. The molecule has 0 amide bonds. The molecule has 1 saturated heterocycles. The van der Waals surface area contributed by atoms with Crippen LogP contribution in [0.5, 0.6) is 0 Å². The second-order valence-electron chi connectivity index (χ2n) is 6.22. The van der Waals surface area contributed by atoms with E-state index in [1.165, 1.54) is 18.5 Å². The van der Waals surface area contributed by atoms with Crippen LogP contribution >= 0.6 is 11.6 Å². The lowest BCUT2D eigenvalue weighted by Crippen LogP contribution is -2.47. The molecule has 0 radical (unpaired) electrons. The highest BCUT2D eigenvalue weighted by Gasteiger charge is 2.30. The minimum absolute atomic E-state index is 0.0173. The summed E-state index contributed by atoms with van der Waals surface area (Å²) in [5, 5.41) is 4.21. The van der Waals surface area contributed by atoms with Gasteiger partial charge in [-0.05, 0) is 57.5 Å². The molecule has 2 rings (SSSR count). The fourth-order valence-electron chi connectivity index (χ4n) is 3.18. The Kier molecular flexibility index (Phi) is 6.06. The van der Waals surface area contributed by atoms with Crippen LogP contribution in [0.25, 0.3) is 0 Å². The third-order valence-electron chi connectivity index (χ3n) is 4.56. The second-order valence-corrected chi connectivity index (χ2v) is 6.66. The first kappa shape index (κ1) is 16.8. The van der Waals surface area contributed by atoms with Crippen LogP contribution in [-0.2, 0) is 4.74 Å². The zero-order valence-corrected chi connectivity index (χ0v) is 14.1. The van der Waals surface area contributed by atoms with Gasteiger partial charge in [-0.25, -0.2) is 0 Å². The number of likely N-dealkylation sites (tertiary alicyclic amines) is 1. The van der Waals surface area contributed by atoms with Crippen LogP contribution in [0.1, 0.15) is 37.8 Å². The van der Waals surface area contributed by atoms with Gasteiger partial charge >= 0.3 is 0 Å². The summed E-state index contributed by atoms with van der Waals surface area (Å²) in [6.07, 6.45) is 3.45. The van der Waals surface area contributed by atoms with E-state index in [1.54, 1.807) is 0 Å². The maximum Gasteiger partial charge on any atom is 0.0777 e. The standard InChI is InChI=1S/C17H27ClN2O/c1-17(21-3)9-5-10-20(13-17)11-8-16(19-2)14-6-4-7-15(18)12-14/h4,6-7,12,16,19H,5,8-11,13H2,1-3H3. The van der Waals surface area contributed by atoms with Crippen LogP contribution in [-0.4, -0.2) is 44.3 Å². The zero-order valence-electron chi connectivity index (χ0n) is 13.4. The molecule has 118 valence electrons. The number of methoxy groups -OCH3 is 1. The van der Waals surface area contributed by atoms with E-state index in [4.69, 9.17) is 16.3 Å². The van der Waals surface area contributed by atoms with Crippen LogP contribution in [0.15, 0.2) is 24.3 Å². The first-order valence-corrected chi connectivity index (χ1v) is 8.14. The summed E-state index contributed by atoms with van der Waals surface area (Å²) in [7, 11) is 3.84. The van der Waals surface area contributed by atoms with Gasteiger partial charge < -0.3 is 15.0 Å². The van der Waals surface area contributed by atoms with Gasteiger partial charge in [-0.1, -0.05) is 23.7 Å². The molecule has 1 N–H and O–H groups in total. The highest BCUT2D eigenvalue weighted by molar-refractivity contribution is 6.30. The number of hydrogen-bond acceptors (Lipinski definition) is 3. The van der Waals surface area contributed by atoms with Gasteiger partial charge in [-0.3, -0.25) is 0 Å². The molecule has 1 aromatic carbocycles. The Morgan fingerprint density at radius 3 is 2.95 bits per heavy atom. The lowest BCUT2D eigenvalue weighted by molar-refractivity contribution is -0.0511. The molecule has 2 unspecified atom stereocenters. The topological polar surface area (TPSA) is 24.5 Å². The highest BCUT2D eigenvalue weighted by Crippen LogP contribution is 2.25. The Bertz CT molecular complexity index is 454. The largest absolute Gasteiger partial charge is 0.377 e. The summed E-state index contributed by atoms with van der Waals surface area (Å²) in [6, 6.07) is 8.48. The summed E-state index contributed by atoms with van der Waals surface area (Å²) >= 11 is 6.10. The molecule has 3 nitrogen and oxygen atoms in total. The Morgan fingerprint density at radius 1 is 1.48 bits per heavy atom. The summed E-state index contributed by atoms with van der Waals surface area (Å²) in [5.74, 6) is 0. The van der Waals surface area contributed by atoms with E-state index < -0.39 is 0 Å². The molecule has 0 aromatic heterocycles. The predicted octanol–water partition coefficient (Wildman–Crippen LogP) is 3.49. The molecule has 21 heavy (non-hydrogen) atoms. The van der Waals surface area contributed by atoms with Gasteiger partial charge in [0.2, 0.25) is 0 Å². The summed E-state index contributed by atoms with van der Waals surface area (Å²) in [6.45, 7) is 5.49. The van der Waals surface area contributed by atoms with Crippen molar-refractivity contribution in [1.82, 2.24) is 10.2 Å². The second kappa shape index (κ2) is 7.59. The molecule has 0 aliphatic carbocycles. The van der Waals surface area contributed by atoms with Gasteiger partial charge in [0.05, 0.1) is 5.60 Å². The van der Waals surface area contributed by atoms with E-state index in [9.17, 15) is 0 Å². The van der Waals surface area contributed by atoms with Crippen molar-refractivity contribution >= 4 is 11.6 Å². The molecule has 1 fully saturated rings.